The van der Waals surface area contributed by atoms with E-state index in [0.29, 0.717) is 18.8 Å². The molecule has 0 radical (unpaired) electrons. The lowest BCUT2D eigenvalue weighted by Gasteiger charge is -2.40. The van der Waals surface area contributed by atoms with Crippen LogP contribution in [0.3, 0.4) is 0 Å². The van der Waals surface area contributed by atoms with Crippen molar-refractivity contribution in [1.82, 2.24) is 4.90 Å². The monoisotopic (exact) mass is 237 g/mol. The number of amides is 1. The van der Waals surface area contributed by atoms with Gasteiger partial charge in [-0.05, 0) is 12.1 Å². The molecule has 1 unspecified atom stereocenters. The van der Waals surface area contributed by atoms with E-state index in [1.54, 1.807) is 35.0 Å². The highest BCUT2D eigenvalue weighted by molar-refractivity contribution is 5.86. The number of rotatable bonds is 2. The van der Waals surface area contributed by atoms with Gasteiger partial charge in [0.1, 0.15) is 11.9 Å². The first-order chi connectivity index (χ1) is 8.15. The summed E-state index contributed by atoms with van der Waals surface area (Å²) in [5, 5.41) is 0. The number of likely N-dealkylation sites (N-methyl/N-ethyl adjacent to an activating group) is 1. The lowest BCUT2D eigenvalue weighted by atomic mass is 10.1. The quantitative estimate of drug-likeness (QED) is 0.811. The first-order valence-corrected chi connectivity index (χ1v) is 5.61. The normalized spacial score (nSPS) is 20.9. The molecule has 0 spiro atoms. The number of benzene rings is 1. The third-order valence-corrected chi connectivity index (χ3v) is 3.10. The van der Waals surface area contributed by atoms with Crippen molar-refractivity contribution in [3.63, 3.8) is 0 Å². The van der Waals surface area contributed by atoms with Crippen molar-refractivity contribution in [1.29, 1.82) is 0 Å². The number of piperazine rings is 1. The summed E-state index contributed by atoms with van der Waals surface area (Å²) in [6.45, 7) is 1.38. The highest BCUT2D eigenvalue weighted by atomic mass is 19.1. The lowest BCUT2D eigenvalue weighted by molar-refractivity contribution is -0.132. The van der Waals surface area contributed by atoms with Crippen LogP contribution in [0.2, 0.25) is 0 Å². The fourth-order valence-corrected chi connectivity index (χ4v) is 2.11. The van der Waals surface area contributed by atoms with Gasteiger partial charge in [0.2, 0.25) is 5.91 Å². The molecule has 1 aromatic rings. The molecule has 0 aromatic heterocycles. The summed E-state index contributed by atoms with van der Waals surface area (Å²) in [7, 11) is 1.74. The maximum Gasteiger partial charge on any atom is 0.246 e. The number of carbonyl (C=O) groups is 1. The average molecular weight is 237 g/mol. The van der Waals surface area contributed by atoms with Crippen LogP contribution in [0.25, 0.3) is 0 Å². The minimum Gasteiger partial charge on any atom is -0.354 e. The lowest BCUT2D eigenvalue weighted by Crippen LogP contribution is -2.58. The van der Waals surface area contributed by atoms with E-state index in [0.717, 1.165) is 0 Å². The van der Waals surface area contributed by atoms with Gasteiger partial charge in [0.15, 0.2) is 0 Å². The molecule has 0 aliphatic carbocycles. The molecule has 5 heteroatoms. The maximum atomic E-state index is 13.7. The van der Waals surface area contributed by atoms with Gasteiger partial charge in [-0.1, -0.05) is 12.1 Å². The molecule has 17 heavy (non-hydrogen) atoms. The second kappa shape index (κ2) is 4.71. The number of nitrogens with two attached hydrogens (primary N) is 1. The van der Waals surface area contributed by atoms with Gasteiger partial charge in [0.25, 0.3) is 0 Å². The topological polar surface area (TPSA) is 49.6 Å². The van der Waals surface area contributed by atoms with Crippen LogP contribution in [-0.2, 0) is 4.79 Å². The number of anilines is 1. The first kappa shape index (κ1) is 11.9. The zero-order chi connectivity index (χ0) is 12.4. The summed E-state index contributed by atoms with van der Waals surface area (Å²) >= 11 is 0. The van der Waals surface area contributed by atoms with Crippen LogP contribution < -0.4 is 10.6 Å². The fraction of sp³-hybridized carbons (Fsp3) is 0.417. The molecule has 2 N–H and O–H groups in total. The van der Waals surface area contributed by atoms with Gasteiger partial charge in [-0.2, -0.15) is 0 Å². The molecule has 1 aliphatic heterocycles. The van der Waals surface area contributed by atoms with Crippen LogP contribution in [0.1, 0.15) is 0 Å². The molecule has 1 saturated heterocycles. The summed E-state index contributed by atoms with van der Waals surface area (Å²) in [6, 6.07) is 6.00. The molecular weight excluding hydrogens is 221 g/mol. The highest BCUT2D eigenvalue weighted by Gasteiger charge is 2.32. The molecule has 0 saturated carbocycles. The van der Waals surface area contributed by atoms with E-state index < -0.39 is 6.04 Å². The molecule has 1 heterocycles. The van der Waals surface area contributed by atoms with Crippen LogP contribution in [-0.4, -0.2) is 43.5 Å². The number of para-hydroxylation sites is 1. The molecule has 1 atom stereocenters. The number of nitrogens with zero attached hydrogens (tertiary/aromatic N) is 2. The smallest absolute Gasteiger partial charge is 0.246 e. The largest absolute Gasteiger partial charge is 0.354 e. The molecule has 4 nitrogen and oxygen atoms in total. The number of hydrogen-bond donors (Lipinski definition) is 1. The van der Waals surface area contributed by atoms with Crippen LogP contribution in [0, 0.1) is 5.82 Å². The van der Waals surface area contributed by atoms with Gasteiger partial charge in [0.05, 0.1) is 5.69 Å². The van der Waals surface area contributed by atoms with Gasteiger partial charge in [0, 0.05) is 26.7 Å². The van der Waals surface area contributed by atoms with Crippen LogP contribution in [0.15, 0.2) is 24.3 Å². The number of hydrogen-bond acceptors (Lipinski definition) is 3. The molecule has 2 rings (SSSR count). The Morgan fingerprint density at radius 1 is 1.41 bits per heavy atom. The van der Waals surface area contributed by atoms with Crippen molar-refractivity contribution in [3.05, 3.63) is 30.1 Å². The van der Waals surface area contributed by atoms with Crippen LogP contribution in [0.4, 0.5) is 10.1 Å². The average Bonchev–Trinajstić information content (AvgIpc) is 2.33. The predicted octanol–water partition coefficient (Wildman–Crippen LogP) is 0.431. The Bertz CT molecular complexity index is 424. The molecule has 0 bridgehead atoms. The van der Waals surface area contributed by atoms with Crippen molar-refractivity contribution in [2.45, 2.75) is 6.04 Å². The van der Waals surface area contributed by atoms with E-state index in [4.69, 9.17) is 5.73 Å². The van der Waals surface area contributed by atoms with Gasteiger partial charge in [-0.3, -0.25) is 4.79 Å². The molecular formula is C12H16FN3O. The SMILES string of the molecule is CN1CCN(c2ccccc2F)C(CN)C1=O. The standard InChI is InChI=1S/C12H16FN3O/c1-15-6-7-16(11(8-14)12(15)17)10-5-3-2-4-9(10)13/h2-5,11H,6-8,14H2,1H3. The first-order valence-electron chi connectivity index (χ1n) is 5.61. The zero-order valence-corrected chi connectivity index (χ0v) is 9.77. The van der Waals surface area contributed by atoms with Crippen LogP contribution in [0.5, 0.6) is 0 Å². The van der Waals surface area contributed by atoms with Gasteiger partial charge in [-0.25, -0.2) is 4.39 Å². The summed E-state index contributed by atoms with van der Waals surface area (Å²) in [5.74, 6) is -0.370. The van der Waals surface area contributed by atoms with Gasteiger partial charge in [-0.15, -0.1) is 0 Å². The molecule has 1 fully saturated rings. The Labute approximate surface area is 99.8 Å². The summed E-state index contributed by atoms with van der Waals surface area (Å²) < 4.78 is 13.7. The maximum absolute atomic E-state index is 13.7. The Hall–Kier alpha value is -1.62. The summed E-state index contributed by atoms with van der Waals surface area (Å²) in [4.78, 5) is 15.3. The second-order valence-electron chi connectivity index (χ2n) is 4.16. The van der Waals surface area contributed by atoms with Gasteiger partial charge < -0.3 is 15.5 Å². The predicted molar refractivity (Wildman–Crippen MR) is 64.2 cm³/mol. The van der Waals surface area contributed by atoms with E-state index >= 15 is 0 Å². The van der Waals surface area contributed by atoms with Crippen molar-refractivity contribution in [3.8, 4) is 0 Å². The summed E-state index contributed by atoms with van der Waals surface area (Å²) in [6.07, 6.45) is 0. The van der Waals surface area contributed by atoms with Crippen LogP contribution >= 0.6 is 0 Å². The van der Waals surface area contributed by atoms with Crippen molar-refractivity contribution in [2.75, 3.05) is 31.6 Å². The Morgan fingerprint density at radius 3 is 2.76 bits per heavy atom. The van der Waals surface area contributed by atoms with Crippen molar-refractivity contribution >= 4 is 11.6 Å². The molecule has 92 valence electrons. The number of carbonyl (C=O) groups excluding carboxylic acids is 1. The third-order valence-electron chi connectivity index (χ3n) is 3.10. The second-order valence-corrected chi connectivity index (χ2v) is 4.16. The fourth-order valence-electron chi connectivity index (χ4n) is 2.11. The number of halogens is 1. The summed E-state index contributed by atoms with van der Waals surface area (Å²) in [5.41, 5.74) is 6.07. The Kier molecular flexibility index (Phi) is 3.28. The van der Waals surface area contributed by atoms with E-state index in [1.807, 2.05) is 0 Å². The third kappa shape index (κ3) is 2.10. The Balaban J connectivity index is 2.32. The minimum absolute atomic E-state index is 0.0537. The zero-order valence-electron chi connectivity index (χ0n) is 9.77. The molecule has 1 aromatic carbocycles. The van der Waals surface area contributed by atoms with Crippen molar-refractivity contribution in [2.24, 2.45) is 5.73 Å². The van der Waals surface area contributed by atoms with Gasteiger partial charge >= 0.3 is 0 Å². The van der Waals surface area contributed by atoms with Crippen molar-refractivity contribution < 1.29 is 9.18 Å². The van der Waals surface area contributed by atoms with E-state index in [1.165, 1.54) is 6.07 Å². The Morgan fingerprint density at radius 2 is 2.12 bits per heavy atom. The minimum atomic E-state index is -0.467. The van der Waals surface area contributed by atoms with E-state index in [2.05, 4.69) is 0 Å². The highest BCUT2D eigenvalue weighted by Crippen LogP contribution is 2.23. The van der Waals surface area contributed by atoms with E-state index in [9.17, 15) is 9.18 Å². The molecule has 1 aliphatic rings. The van der Waals surface area contributed by atoms with E-state index in [-0.39, 0.29) is 18.3 Å². The molecule has 1 amide bonds.